The molecule has 2 amide bonds. The molecular formula is C7H14N2O3. The molecule has 1 heterocycles. The number of rotatable bonds is 3. The highest BCUT2D eigenvalue weighted by molar-refractivity contribution is 5.73. The standard InChI is InChI=1S/C7H14N2O3/c1-2-12-9-7(10)8-6-3-4-11-5-6/h6H,2-5H2,1H3,(H2,8,9,10). The number of amides is 2. The van der Waals surface area contributed by atoms with Crippen molar-refractivity contribution in [3.05, 3.63) is 0 Å². The predicted molar refractivity (Wildman–Crippen MR) is 42.5 cm³/mol. The van der Waals surface area contributed by atoms with E-state index in [-0.39, 0.29) is 12.1 Å². The number of ether oxygens (including phenoxy) is 1. The molecule has 1 rings (SSSR count). The fraction of sp³-hybridized carbons (Fsp3) is 0.857. The van der Waals surface area contributed by atoms with E-state index in [0.717, 1.165) is 13.0 Å². The van der Waals surface area contributed by atoms with Crippen molar-refractivity contribution in [1.82, 2.24) is 10.8 Å². The quantitative estimate of drug-likeness (QED) is 0.593. The summed E-state index contributed by atoms with van der Waals surface area (Å²) in [6.07, 6.45) is 0.875. The van der Waals surface area contributed by atoms with Gasteiger partial charge < -0.3 is 10.1 Å². The zero-order valence-electron chi connectivity index (χ0n) is 7.13. The van der Waals surface area contributed by atoms with E-state index in [9.17, 15) is 4.79 Å². The minimum atomic E-state index is -0.299. The maximum Gasteiger partial charge on any atom is 0.339 e. The van der Waals surface area contributed by atoms with E-state index in [4.69, 9.17) is 9.57 Å². The summed E-state index contributed by atoms with van der Waals surface area (Å²) in [6.45, 7) is 3.59. The van der Waals surface area contributed by atoms with E-state index in [0.29, 0.717) is 13.2 Å². The molecule has 0 aromatic heterocycles. The van der Waals surface area contributed by atoms with E-state index in [1.54, 1.807) is 6.92 Å². The van der Waals surface area contributed by atoms with Crippen molar-refractivity contribution in [2.45, 2.75) is 19.4 Å². The van der Waals surface area contributed by atoms with Crippen LogP contribution < -0.4 is 10.8 Å². The number of hydrogen-bond donors (Lipinski definition) is 2. The van der Waals surface area contributed by atoms with Gasteiger partial charge in [-0.3, -0.25) is 4.84 Å². The van der Waals surface area contributed by atoms with Crippen LogP contribution in [0.4, 0.5) is 4.79 Å². The monoisotopic (exact) mass is 174 g/mol. The van der Waals surface area contributed by atoms with Gasteiger partial charge in [-0.05, 0) is 13.3 Å². The van der Waals surface area contributed by atoms with E-state index >= 15 is 0 Å². The third kappa shape index (κ3) is 3.06. The molecule has 5 nitrogen and oxygen atoms in total. The van der Waals surface area contributed by atoms with Crippen LogP contribution >= 0.6 is 0 Å². The van der Waals surface area contributed by atoms with E-state index in [1.807, 2.05) is 0 Å². The van der Waals surface area contributed by atoms with Gasteiger partial charge in [0, 0.05) is 6.61 Å². The van der Waals surface area contributed by atoms with Crippen molar-refractivity contribution in [3.8, 4) is 0 Å². The number of carbonyl (C=O) groups is 1. The molecule has 1 atom stereocenters. The highest BCUT2D eigenvalue weighted by atomic mass is 16.7. The number of nitrogens with one attached hydrogen (secondary N) is 2. The molecule has 0 spiro atoms. The molecule has 1 unspecified atom stereocenters. The number of carbonyl (C=O) groups excluding carboxylic acids is 1. The fourth-order valence-corrected chi connectivity index (χ4v) is 1.00. The Bertz CT molecular complexity index is 146. The molecule has 5 heteroatoms. The first-order valence-electron chi connectivity index (χ1n) is 4.09. The van der Waals surface area contributed by atoms with Gasteiger partial charge in [0.1, 0.15) is 0 Å². The van der Waals surface area contributed by atoms with Gasteiger partial charge in [-0.1, -0.05) is 0 Å². The Labute approximate surface area is 71.4 Å². The normalized spacial score (nSPS) is 22.2. The average Bonchev–Trinajstić information content (AvgIpc) is 2.53. The third-order valence-electron chi connectivity index (χ3n) is 1.57. The van der Waals surface area contributed by atoms with Crippen LogP contribution in [-0.2, 0) is 9.57 Å². The molecule has 12 heavy (non-hydrogen) atoms. The largest absolute Gasteiger partial charge is 0.379 e. The van der Waals surface area contributed by atoms with Gasteiger partial charge in [0.15, 0.2) is 0 Å². The first-order valence-corrected chi connectivity index (χ1v) is 4.09. The van der Waals surface area contributed by atoms with Crippen LogP contribution in [0.3, 0.4) is 0 Å². The van der Waals surface area contributed by atoms with Crippen LogP contribution in [0.1, 0.15) is 13.3 Å². The topological polar surface area (TPSA) is 59.6 Å². The summed E-state index contributed by atoms with van der Waals surface area (Å²) in [5, 5.41) is 2.71. The SMILES string of the molecule is CCONC(=O)NC1CCOC1. The molecule has 2 N–H and O–H groups in total. The summed E-state index contributed by atoms with van der Waals surface area (Å²) in [4.78, 5) is 15.7. The summed E-state index contributed by atoms with van der Waals surface area (Å²) in [6, 6.07) is -0.169. The minimum Gasteiger partial charge on any atom is -0.379 e. The molecule has 0 saturated carbocycles. The minimum absolute atomic E-state index is 0.130. The maximum absolute atomic E-state index is 11.0. The second kappa shape index (κ2) is 4.95. The zero-order chi connectivity index (χ0) is 8.81. The molecule has 0 aromatic rings. The first-order chi connectivity index (χ1) is 5.83. The zero-order valence-corrected chi connectivity index (χ0v) is 7.13. The highest BCUT2D eigenvalue weighted by Gasteiger charge is 2.17. The van der Waals surface area contributed by atoms with Gasteiger partial charge in [0.2, 0.25) is 0 Å². The van der Waals surface area contributed by atoms with Crippen LogP contribution in [0.15, 0.2) is 0 Å². The van der Waals surface area contributed by atoms with Crippen molar-refractivity contribution in [2.24, 2.45) is 0 Å². The molecule has 70 valence electrons. The Kier molecular flexibility index (Phi) is 3.83. The summed E-state index contributed by atoms with van der Waals surface area (Å²) in [7, 11) is 0. The average molecular weight is 174 g/mol. The molecule has 0 bridgehead atoms. The van der Waals surface area contributed by atoms with Crippen molar-refractivity contribution >= 4 is 6.03 Å². The lowest BCUT2D eigenvalue weighted by Gasteiger charge is -2.10. The molecule has 1 aliphatic rings. The Hall–Kier alpha value is -0.810. The molecule has 1 saturated heterocycles. The number of hydroxylamine groups is 1. The van der Waals surface area contributed by atoms with Gasteiger partial charge in [-0.2, -0.15) is 0 Å². The second-order valence-corrected chi connectivity index (χ2v) is 2.57. The van der Waals surface area contributed by atoms with Crippen LogP contribution in [0, 0.1) is 0 Å². The van der Waals surface area contributed by atoms with Crippen molar-refractivity contribution in [3.63, 3.8) is 0 Å². The molecule has 0 radical (unpaired) electrons. The molecule has 0 aliphatic carbocycles. The van der Waals surface area contributed by atoms with Crippen LogP contribution in [-0.4, -0.2) is 31.9 Å². The third-order valence-corrected chi connectivity index (χ3v) is 1.57. The number of hydrogen-bond acceptors (Lipinski definition) is 3. The van der Waals surface area contributed by atoms with Crippen LogP contribution in [0.2, 0.25) is 0 Å². The molecule has 1 fully saturated rings. The summed E-state index contributed by atoms with van der Waals surface area (Å²) >= 11 is 0. The Morgan fingerprint density at radius 3 is 3.17 bits per heavy atom. The lowest BCUT2D eigenvalue weighted by Crippen LogP contribution is -2.42. The summed E-state index contributed by atoms with van der Waals surface area (Å²) in [5.74, 6) is 0. The predicted octanol–water partition coefficient (Wildman–Crippen LogP) is 0.0260. The van der Waals surface area contributed by atoms with Crippen LogP contribution in [0.5, 0.6) is 0 Å². The van der Waals surface area contributed by atoms with Crippen molar-refractivity contribution < 1.29 is 14.4 Å². The van der Waals surface area contributed by atoms with E-state index < -0.39 is 0 Å². The van der Waals surface area contributed by atoms with Gasteiger partial charge in [0.05, 0.1) is 19.3 Å². The maximum atomic E-state index is 11.0. The Balaban J connectivity index is 2.08. The fourth-order valence-electron chi connectivity index (χ4n) is 1.00. The Morgan fingerprint density at radius 2 is 2.58 bits per heavy atom. The molecule has 1 aliphatic heterocycles. The summed E-state index contributed by atoms with van der Waals surface area (Å²) < 4.78 is 5.08. The van der Waals surface area contributed by atoms with E-state index in [2.05, 4.69) is 10.8 Å². The van der Waals surface area contributed by atoms with Crippen LogP contribution in [0.25, 0.3) is 0 Å². The highest BCUT2D eigenvalue weighted by Crippen LogP contribution is 2.02. The smallest absolute Gasteiger partial charge is 0.339 e. The molecular weight excluding hydrogens is 160 g/mol. The lowest BCUT2D eigenvalue weighted by molar-refractivity contribution is 0.0692. The van der Waals surface area contributed by atoms with Crippen molar-refractivity contribution in [1.29, 1.82) is 0 Å². The van der Waals surface area contributed by atoms with Crippen molar-refractivity contribution in [2.75, 3.05) is 19.8 Å². The second-order valence-electron chi connectivity index (χ2n) is 2.57. The first kappa shape index (κ1) is 9.28. The molecule has 0 aromatic carbocycles. The van der Waals surface area contributed by atoms with Gasteiger partial charge in [0.25, 0.3) is 0 Å². The van der Waals surface area contributed by atoms with Gasteiger partial charge in [-0.15, -0.1) is 0 Å². The van der Waals surface area contributed by atoms with E-state index in [1.165, 1.54) is 0 Å². The lowest BCUT2D eigenvalue weighted by atomic mass is 10.3. The summed E-state index contributed by atoms with van der Waals surface area (Å²) in [5.41, 5.74) is 2.25. The van der Waals surface area contributed by atoms with Gasteiger partial charge >= 0.3 is 6.03 Å². The van der Waals surface area contributed by atoms with Gasteiger partial charge in [-0.25, -0.2) is 10.3 Å². The number of urea groups is 1. The Morgan fingerprint density at radius 1 is 1.75 bits per heavy atom.